The Labute approximate surface area is 123 Å². The summed E-state index contributed by atoms with van der Waals surface area (Å²) < 4.78 is 1.80. The molecule has 0 spiro atoms. The topological polar surface area (TPSA) is 96.5 Å². The molecule has 0 saturated carbocycles. The predicted octanol–water partition coefficient (Wildman–Crippen LogP) is -0.671. The van der Waals surface area contributed by atoms with Crippen molar-refractivity contribution in [2.24, 2.45) is 5.73 Å². The van der Waals surface area contributed by atoms with Crippen molar-refractivity contribution in [2.75, 3.05) is 39.3 Å². The highest BCUT2D eigenvalue weighted by Crippen LogP contribution is 2.07. The van der Waals surface area contributed by atoms with Crippen molar-refractivity contribution in [3.05, 3.63) is 18.2 Å². The van der Waals surface area contributed by atoms with Crippen molar-refractivity contribution in [2.45, 2.75) is 13.5 Å². The molecule has 0 bridgehead atoms. The zero-order valence-electron chi connectivity index (χ0n) is 12.3. The molecule has 3 amide bonds. The van der Waals surface area contributed by atoms with Crippen LogP contribution in [0, 0.1) is 0 Å². The molecule has 1 fully saturated rings. The van der Waals surface area contributed by atoms with Gasteiger partial charge in [-0.3, -0.25) is 4.79 Å². The van der Waals surface area contributed by atoms with E-state index in [-0.39, 0.29) is 11.9 Å². The molecule has 3 N–H and O–H groups in total. The van der Waals surface area contributed by atoms with Crippen LogP contribution in [0.1, 0.15) is 17.4 Å². The number of piperazine rings is 1. The Bertz CT molecular complexity index is 493. The number of nitrogens with zero attached hydrogens (tertiary/aromatic N) is 4. The molecule has 2 heterocycles. The number of carbonyl (C=O) groups is 2. The molecule has 1 aromatic rings. The van der Waals surface area contributed by atoms with E-state index in [1.807, 2.05) is 6.92 Å². The molecule has 0 aromatic carbocycles. The van der Waals surface area contributed by atoms with E-state index >= 15 is 0 Å². The van der Waals surface area contributed by atoms with Crippen LogP contribution in [0.2, 0.25) is 0 Å². The van der Waals surface area contributed by atoms with E-state index in [2.05, 4.69) is 10.3 Å². The Morgan fingerprint density at radius 3 is 2.57 bits per heavy atom. The Morgan fingerprint density at radius 1 is 1.29 bits per heavy atom. The summed E-state index contributed by atoms with van der Waals surface area (Å²) in [7, 11) is 0. The fourth-order valence-electron chi connectivity index (χ4n) is 2.28. The van der Waals surface area contributed by atoms with Crippen LogP contribution >= 0.6 is 0 Å². The third-order valence-corrected chi connectivity index (χ3v) is 3.42. The van der Waals surface area contributed by atoms with Crippen LogP contribution in [0.3, 0.4) is 0 Å². The standard InChI is InChI=1S/C13H22N6O2/c1-2-15-13(21)19-7-5-18(6-8-19)12(20)11-9-17(4-3-14)10-16-11/h9-10H,2-8,14H2,1H3,(H,15,21). The third kappa shape index (κ3) is 3.72. The second-order valence-corrected chi connectivity index (χ2v) is 4.90. The fraction of sp³-hybridized carbons (Fsp3) is 0.615. The summed E-state index contributed by atoms with van der Waals surface area (Å²) in [6.07, 6.45) is 3.33. The first-order valence-electron chi connectivity index (χ1n) is 7.19. The van der Waals surface area contributed by atoms with Gasteiger partial charge in [-0.25, -0.2) is 9.78 Å². The molecule has 21 heavy (non-hydrogen) atoms. The average molecular weight is 294 g/mol. The number of nitrogens with one attached hydrogen (secondary N) is 1. The first-order valence-corrected chi connectivity index (χ1v) is 7.19. The molecule has 2 rings (SSSR count). The van der Waals surface area contributed by atoms with Crippen molar-refractivity contribution in [1.29, 1.82) is 0 Å². The van der Waals surface area contributed by atoms with Crippen molar-refractivity contribution in [1.82, 2.24) is 24.7 Å². The minimum atomic E-state index is -0.0960. The number of rotatable bonds is 4. The molecule has 116 valence electrons. The Hall–Kier alpha value is -2.09. The lowest BCUT2D eigenvalue weighted by atomic mass is 10.3. The molecule has 1 aromatic heterocycles. The lowest BCUT2D eigenvalue weighted by molar-refractivity contribution is 0.0660. The fourth-order valence-corrected chi connectivity index (χ4v) is 2.28. The van der Waals surface area contributed by atoms with Gasteiger partial charge in [-0.2, -0.15) is 0 Å². The zero-order valence-corrected chi connectivity index (χ0v) is 12.3. The van der Waals surface area contributed by atoms with Crippen LogP contribution in [-0.2, 0) is 6.54 Å². The van der Waals surface area contributed by atoms with Gasteiger partial charge in [-0.15, -0.1) is 0 Å². The van der Waals surface area contributed by atoms with Gasteiger partial charge in [0.2, 0.25) is 0 Å². The molecule has 8 nitrogen and oxygen atoms in total. The van der Waals surface area contributed by atoms with Gasteiger partial charge in [0.1, 0.15) is 5.69 Å². The maximum absolute atomic E-state index is 12.3. The Morgan fingerprint density at radius 2 is 1.95 bits per heavy atom. The maximum atomic E-state index is 12.3. The average Bonchev–Trinajstić information content (AvgIpc) is 2.96. The predicted molar refractivity (Wildman–Crippen MR) is 77.8 cm³/mol. The SMILES string of the molecule is CCNC(=O)N1CCN(C(=O)c2cn(CCN)cn2)CC1. The number of urea groups is 1. The monoisotopic (exact) mass is 294 g/mol. The van der Waals surface area contributed by atoms with E-state index in [4.69, 9.17) is 5.73 Å². The van der Waals surface area contributed by atoms with Gasteiger partial charge in [0.05, 0.1) is 6.33 Å². The second-order valence-electron chi connectivity index (χ2n) is 4.90. The van der Waals surface area contributed by atoms with Crippen molar-refractivity contribution in [3.63, 3.8) is 0 Å². The summed E-state index contributed by atoms with van der Waals surface area (Å²) in [5.41, 5.74) is 5.90. The largest absolute Gasteiger partial charge is 0.338 e. The number of imidazole rings is 1. The third-order valence-electron chi connectivity index (χ3n) is 3.42. The summed E-state index contributed by atoms with van der Waals surface area (Å²) in [5.74, 6) is -0.0960. The number of amides is 3. The van der Waals surface area contributed by atoms with Crippen molar-refractivity contribution < 1.29 is 9.59 Å². The van der Waals surface area contributed by atoms with Crippen LogP contribution in [0.4, 0.5) is 4.79 Å². The van der Waals surface area contributed by atoms with Gasteiger partial charge >= 0.3 is 6.03 Å². The summed E-state index contributed by atoms with van der Waals surface area (Å²) in [6, 6.07) is -0.0724. The van der Waals surface area contributed by atoms with Gasteiger partial charge in [0.15, 0.2) is 0 Å². The molecule has 8 heteroatoms. The van der Waals surface area contributed by atoms with Gasteiger partial charge < -0.3 is 25.4 Å². The first-order chi connectivity index (χ1) is 10.2. The minimum Gasteiger partial charge on any atom is -0.338 e. The molecule has 1 saturated heterocycles. The molecular formula is C13H22N6O2. The summed E-state index contributed by atoms with van der Waals surface area (Å²) >= 11 is 0. The van der Waals surface area contributed by atoms with Gasteiger partial charge in [0, 0.05) is 52.0 Å². The quantitative estimate of drug-likeness (QED) is 0.769. The number of hydrogen-bond acceptors (Lipinski definition) is 4. The Balaban J connectivity index is 1.89. The molecule has 0 aliphatic carbocycles. The van der Waals surface area contributed by atoms with Crippen LogP contribution in [0.15, 0.2) is 12.5 Å². The molecule has 1 aliphatic rings. The second kappa shape index (κ2) is 7.07. The highest BCUT2D eigenvalue weighted by atomic mass is 16.2. The first kappa shape index (κ1) is 15.3. The summed E-state index contributed by atoms with van der Waals surface area (Å²) in [5, 5.41) is 2.76. The van der Waals surface area contributed by atoms with Crippen LogP contribution in [0.25, 0.3) is 0 Å². The van der Waals surface area contributed by atoms with E-state index < -0.39 is 0 Å². The van der Waals surface area contributed by atoms with E-state index in [9.17, 15) is 9.59 Å². The van der Waals surface area contributed by atoms with Crippen LogP contribution in [-0.4, -0.2) is 70.6 Å². The highest BCUT2D eigenvalue weighted by Gasteiger charge is 2.25. The molecule has 0 radical (unpaired) electrons. The number of nitrogens with two attached hydrogens (primary N) is 1. The lowest BCUT2D eigenvalue weighted by Crippen LogP contribution is -2.53. The maximum Gasteiger partial charge on any atom is 0.317 e. The molecular weight excluding hydrogens is 272 g/mol. The highest BCUT2D eigenvalue weighted by molar-refractivity contribution is 5.92. The van der Waals surface area contributed by atoms with Gasteiger partial charge in [-0.1, -0.05) is 0 Å². The lowest BCUT2D eigenvalue weighted by Gasteiger charge is -2.34. The number of hydrogen-bond donors (Lipinski definition) is 2. The molecule has 0 atom stereocenters. The summed E-state index contributed by atoms with van der Waals surface area (Å²) in [6.45, 7) is 5.79. The summed E-state index contributed by atoms with van der Waals surface area (Å²) in [4.78, 5) is 31.6. The smallest absolute Gasteiger partial charge is 0.317 e. The Kier molecular flexibility index (Phi) is 5.15. The van der Waals surface area contributed by atoms with Gasteiger partial charge in [-0.05, 0) is 6.92 Å². The molecule has 0 unspecified atom stereocenters. The molecule has 1 aliphatic heterocycles. The zero-order chi connectivity index (χ0) is 15.2. The van der Waals surface area contributed by atoms with E-state index in [0.717, 1.165) is 0 Å². The van der Waals surface area contributed by atoms with E-state index in [0.29, 0.717) is 51.5 Å². The van der Waals surface area contributed by atoms with Crippen LogP contribution in [0.5, 0.6) is 0 Å². The van der Waals surface area contributed by atoms with Crippen LogP contribution < -0.4 is 11.1 Å². The minimum absolute atomic E-state index is 0.0724. The van der Waals surface area contributed by atoms with E-state index in [1.54, 1.807) is 26.9 Å². The van der Waals surface area contributed by atoms with E-state index in [1.165, 1.54) is 0 Å². The number of aromatic nitrogens is 2. The number of carbonyl (C=O) groups excluding carboxylic acids is 2. The normalized spacial score (nSPS) is 15.1. The van der Waals surface area contributed by atoms with Crippen molar-refractivity contribution in [3.8, 4) is 0 Å². The van der Waals surface area contributed by atoms with Gasteiger partial charge in [0.25, 0.3) is 5.91 Å². The van der Waals surface area contributed by atoms with Crippen molar-refractivity contribution >= 4 is 11.9 Å².